The third-order valence-electron chi connectivity index (χ3n) is 5.56. The predicted molar refractivity (Wildman–Crippen MR) is 127 cm³/mol. The molecule has 0 radical (unpaired) electrons. The molecule has 3 aromatic carbocycles. The van der Waals surface area contributed by atoms with Gasteiger partial charge < -0.3 is 14.0 Å². The molecule has 0 aliphatic rings. The predicted octanol–water partition coefficient (Wildman–Crippen LogP) is 6.61. The number of benzene rings is 3. The summed E-state index contributed by atoms with van der Waals surface area (Å²) in [6.45, 7) is 8.00. The zero-order chi connectivity index (χ0) is 21.8. The lowest BCUT2D eigenvalue weighted by Crippen LogP contribution is -2.07. The molecule has 0 amide bonds. The van der Waals surface area contributed by atoms with Crippen LogP contribution in [-0.4, -0.2) is 23.3 Å². The summed E-state index contributed by atoms with van der Waals surface area (Å²) in [6, 6.07) is 22.8. The van der Waals surface area contributed by atoms with Crippen molar-refractivity contribution in [1.29, 1.82) is 0 Å². The fourth-order valence-corrected chi connectivity index (χ4v) is 3.93. The molecule has 1 heterocycles. The number of rotatable bonds is 8. The molecule has 1 aromatic heterocycles. The van der Waals surface area contributed by atoms with Crippen molar-refractivity contribution in [2.45, 2.75) is 39.7 Å². The first-order valence-corrected chi connectivity index (χ1v) is 10.9. The van der Waals surface area contributed by atoms with Crippen molar-refractivity contribution in [1.82, 2.24) is 9.55 Å². The second kappa shape index (κ2) is 9.25. The molecule has 0 unspecified atom stereocenters. The first-order chi connectivity index (χ1) is 15.1. The molecule has 4 nitrogen and oxygen atoms in total. The monoisotopic (exact) mass is 414 g/mol. The second-order valence-corrected chi connectivity index (χ2v) is 8.21. The van der Waals surface area contributed by atoms with Gasteiger partial charge in [0.25, 0.3) is 0 Å². The van der Waals surface area contributed by atoms with Crippen molar-refractivity contribution in [3.8, 4) is 22.9 Å². The summed E-state index contributed by atoms with van der Waals surface area (Å²) in [7, 11) is 1.69. The van der Waals surface area contributed by atoms with Crippen LogP contribution in [0.15, 0.2) is 66.7 Å². The molecule has 0 fully saturated rings. The molecule has 0 atom stereocenters. The lowest BCUT2D eigenvalue weighted by molar-refractivity contribution is 0.298. The minimum atomic E-state index is 0.438. The van der Waals surface area contributed by atoms with Crippen LogP contribution in [0.3, 0.4) is 0 Å². The highest BCUT2D eigenvalue weighted by molar-refractivity contribution is 5.80. The zero-order valence-corrected chi connectivity index (χ0v) is 18.8. The Hall–Kier alpha value is -3.27. The average Bonchev–Trinajstić information content (AvgIpc) is 3.15. The van der Waals surface area contributed by atoms with Gasteiger partial charge in [-0.05, 0) is 60.7 Å². The van der Waals surface area contributed by atoms with E-state index in [0.717, 1.165) is 46.9 Å². The van der Waals surface area contributed by atoms with Crippen molar-refractivity contribution < 1.29 is 9.47 Å². The molecule has 0 bridgehead atoms. The first kappa shape index (κ1) is 21.0. The van der Waals surface area contributed by atoms with Crippen LogP contribution >= 0.6 is 0 Å². The van der Waals surface area contributed by atoms with Crippen molar-refractivity contribution in [2.24, 2.45) is 0 Å². The Balaban J connectivity index is 1.56. The van der Waals surface area contributed by atoms with Crippen LogP contribution in [0.1, 0.15) is 37.3 Å². The van der Waals surface area contributed by atoms with E-state index < -0.39 is 0 Å². The smallest absolute Gasteiger partial charge is 0.141 e. The number of para-hydroxylation sites is 2. The number of aromatic nitrogens is 2. The van der Waals surface area contributed by atoms with E-state index in [0.29, 0.717) is 12.5 Å². The first-order valence-electron chi connectivity index (χ1n) is 10.9. The molecular weight excluding hydrogens is 384 g/mol. The molecule has 0 saturated carbocycles. The van der Waals surface area contributed by atoms with Gasteiger partial charge in [-0.2, -0.15) is 0 Å². The Labute approximate surface area is 184 Å². The van der Waals surface area contributed by atoms with E-state index in [1.165, 1.54) is 11.1 Å². The van der Waals surface area contributed by atoms with Gasteiger partial charge in [-0.1, -0.05) is 50.2 Å². The summed E-state index contributed by atoms with van der Waals surface area (Å²) in [4.78, 5) is 4.91. The topological polar surface area (TPSA) is 36.3 Å². The molecule has 0 aliphatic carbocycles. The van der Waals surface area contributed by atoms with Crippen molar-refractivity contribution in [2.75, 3.05) is 13.7 Å². The SMILES string of the molecule is COc1cccc(-c2nc3ccccc3n2CCCOc2cc(C)ccc2C(C)C)c1. The van der Waals surface area contributed by atoms with Crippen LogP contribution in [-0.2, 0) is 6.54 Å². The van der Waals surface area contributed by atoms with Gasteiger partial charge in [0.1, 0.15) is 17.3 Å². The number of nitrogens with zero attached hydrogens (tertiary/aromatic N) is 2. The highest BCUT2D eigenvalue weighted by Crippen LogP contribution is 2.29. The average molecular weight is 415 g/mol. The third-order valence-corrected chi connectivity index (χ3v) is 5.56. The Kier molecular flexibility index (Phi) is 6.26. The Morgan fingerprint density at radius 1 is 0.968 bits per heavy atom. The van der Waals surface area contributed by atoms with Gasteiger partial charge >= 0.3 is 0 Å². The summed E-state index contributed by atoms with van der Waals surface area (Å²) < 4.78 is 13.9. The molecular formula is C27H30N2O2. The molecule has 0 aliphatic heterocycles. The molecule has 31 heavy (non-hydrogen) atoms. The molecule has 4 rings (SSSR count). The van der Waals surface area contributed by atoms with Crippen LogP contribution in [0, 0.1) is 6.92 Å². The van der Waals surface area contributed by atoms with E-state index in [2.05, 4.69) is 67.8 Å². The van der Waals surface area contributed by atoms with Gasteiger partial charge in [0.2, 0.25) is 0 Å². The standard InChI is InChI=1S/C27H30N2O2/c1-19(2)23-14-13-20(3)17-26(23)31-16-8-15-29-25-12-6-5-11-24(25)28-27(29)21-9-7-10-22(18-21)30-4/h5-7,9-14,17-19H,8,15-16H2,1-4H3. The number of fused-ring (bicyclic) bond motifs is 1. The maximum Gasteiger partial charge on any atom is 0.141 e. The van der Waals surface area contributed by atoms with E-state index in [9.17, 15) is 0 Å². The molecule has 0 saturated heterocycles. The zero-order valence-electron chi connectivity index (χ0n) is 18.8. The van der Waals surface area contributed by atoms with Gasteiger partial charge in [-0.15, -0.1) is 0 Å². The maximum absolute atomic E-state index is 6.22. The normalized spacial score (nSPS) is 11.3. The highest BCUT2D eigenvalue weighted by atomic mass is 16.5. The third kappa shape index (κ3) is 4.58. The summed E-state index contributed by atoms with van der Waals surface area (Å²) in [6.07, 6.45) is 0.892. The minimum absolute atomic E-state index is 0.438. The van der Waals surface area contributed by atoms with Gasteiger partial charge in [-0.25, -0.2) is 4.98 Å². The fraction of sp³-hybridized carbons (Fsp3) is 0.296. The Morgan fingerprint density at radius 2 is 1.81 bits per heavy atom. The number of aryl methyl sites for hydroxylation is 2. The van der Waals surface area contributed by atoms with Crippen molar-refractivity contribution in [3.63, 3.8) is 0 Å². The number of hydrogen-bond acceptors (Lipinski definition) is 3. The van der Waals surface area contributed by atoms with E-state index in [-0.39, 0.29) is 0 Å². The van der Waals surface area contributed by atoms with Gasteiger partial charge in [0, 0.05) is 12.1 Å². The van der Waals surface area contributed by atoms with Crippen LogP contribution in [0.5, 0.6) is 11.5 Å². The molecule has 160 valence electrons. The minimum Gasteiger partial charge on any atom is -0.497 e. The van der Waals surface area contributed by atoms with Crippen LogP contribution in [0.25, 0.3) is 22.4 Å². The van der Waals surface area contributed by atoms with Crippen LogP contribution in [0.2, 0.25) is 0 Å². The fourth-order valence-electron chi connectivity index (χ4n) is 3.93. The lowest BCUT2D eigenvalue weighted by atomic mass is 10.0. The van der Waals surface area contributed by atoms with Gasteiger partial charge in [-0.3, -0.25) is 0 Å². The van der Waals surface area contributed by atoms with E-state index in [1.807, 2.05) is 24.3 Å². The van der Waals surface area contributed by atoms with Gasteiger partial charge in [0.15, 0.2) is 0 Å². The number of hydrogen-bond donors (Lipinski definition) is 0. The summed E-state index contributed by atoms with van der Waals surface area (Å²) in [5, 5.41) is 0. The molecule has 0 spiro atoms. The van der Waals surface area contributed by atoms with E-state index in [4.69, 9.17) is 14.5 Å². The Bertz CT molecular complexity index is 1180. The largest absolute Gasteiger partial charge is 0.497 e. The summed E-state index contributed by atoms with van der Waals surface area (Å²) in [5.74, 6) is 3.23. The van der Waals surface area contributed by atoms with Gasteiger partial charge in [0.05, 0.1) is 24.8 Å². The summed E-state index contributed by atoms with van der Waals surface area (Å²) in [5.41, 5.74) is 5.68. The highest BCUT2D eigenvalue weighted by Gasteiger charge is 2.13. The van der Waals surface area contributed by atoms with E-state index in [1.54, 1.807) is 7.11 Å². The van der Waals surface area contributed by atoms with Crippen LogP contribution < -0.4 is 9.47 Å². The number of methoxy groups -OCH3 is 1. The molecule has 4 heteroatoms. The second-order valence-electron chi connectivity index (χ2n) is 8.21. The Morgan fingerprint density at radius 3 is 2.61 bits per heavy atom. The molecule has 0 N–H and O–H groups in total. The van der Waals surface area contributed by atoms with Crippen molar-refractivity contribution >= 4 is 11.0 Å². The maximum atomic E-state index is 6.22. The quantitative estimate of drug-likeness (QED) is 0.304. The van der Waals surface area contributed by atoms with Crippen LogP contribution in [0.4, 0.5) is 0 Å². The number of ether oxygens (including phenoxy) is 2. The lowest BCUT2D eigenvalue weighted by Gasteiger charge is -2.15. The summed E-state index contributed by atoms with van der Waals surface area (Å²) >= 11 is 0. The van der Waals surface area contributed by atoms with Crippen molar-refractivity contribution in [3.05, 3.63) is 77.9 Å². The molecule has 4 aromatic rings. The van der Waals surface area contributed by atoms with E-state index >= 15 is 0 Å². The number of imidazole rings is 1.